The van der Waals surface area contributed by atoms with Gasteiger partial charge in [-0.1, -0.05) is 12.1 Å². The molecule has 0 aliphatic rings. The van der Waals surface area contributed by atoms with E-state index in [2.05, 4.69) is 10.6 Å². The average molecular weight is 236 g/mol. The lowest BCUT2D eigenvalue weighted by Gasteiger charge is -2.11. The maximum atomic E-state index is 11.4. The van der Waals surface area contributed by atoms with Gasteiger partial charge >= 0.3 is 6.03 Å². The lowest BCUT2D eigenvalue weighted by atomic mass is 10.2. The first-order valence-electron chi connectivity index (χ1n) is 5.18. The van der Waals surface area contributed by atoms with Crippen molar-refractivity contribution in [2.75, 3.05) is 5.32 Å². The van der Waals surface area contributed by atoms with Crippen LogP contribution in [0.25, 0.3) is 0 Å². The Labute approximate surface area is 99.4 Å². The largest absolute Gasteiger partial charge is 0.368 e. The van der Waals surface area contributed by atoms with Gasteiger partial charge in [-0.05, 0) is 24.6 Å². The molecule has 1 aromatic rings. The molecule has 0 aromatic heterocycles. The number of benzene rings is 1. The van der Waals surface area contributed by atoms with E-state index >= 15 is 0 Å². The van der Waals surface area contributed by atoms with E-state index in [0.29, 0.717) is 12.2 Å². The van der Waals surface area contributed by atoms with Gasteiger partial charge in [-0.15, -0.1) is 0 Å². The number of urea groups is 1. The number of hydrogen-bond acceptors (Lipinski definition) is 3. The summed E-state index contributed by atoms with van der Waals surface area (Å²) in [5, 5.41) is 4.99. The second-order valence-corrected chi connectivity index (χ2v) is 3.62. The zero-order valence-corrected chi connectivity index (χ0v) is 9.57. The molecule has 0 spiro atoms. The Morgan fingerprint density at radius 3 is 2.35 bits per heavy atom. The Hall–Kier alpha value is -2.08. The number of amides is 3. The fourth-order valence-corrected chi connectivity index (χ4v) is 1.16. The Morgan fingerprint density at radius 1 is 1.29 bits per heavy atom. The summed E-state index contributed by atoms with van der Waals surface area (Å²) < 4.78 is 0. The van der Waals surface area contributed by atoms with Crippen molar-refractivity contribution in [1.29, 1.82) is 0 Å². The number of rotatable bonds is 4. The minimum atomic E-state index is -0.710. The third-order valence-corrected chi connectivity index (χ3v) is 2.22. The van der Waals surface area contributed by atoms with Gasteiger partial charge in [0.15, 0.2) is 0 Å². The fraction of sp³-hybridized carbons (Fsp3) is 0.273. The summed E-state index contributed by atoms with van der Waals surface area (Å²) in [5.74, 6) is -0.585. The van der Waals surface area contributed by atoms with Crippen LogP contribution in [0.5, 0.6) is 0 Å². The lowest BCUT2D eigenvalue weighted by Crippen LogP contribution is -2.44. The summed E-state index contributed by atoms with van der Waals surface area (Å²) in [6, 6.07) is 5.91. The Morgan fingerprint density at radius 2 is 1.88 bits per heavy atom. The predicted octanol–water partition coefficient (Wildman–Crippen LogP) is 0.141. The molecule has 0 saturated carbocycles. The minimum absolute atomic E-state index is 0.450. The predicted molar refractivity (Wildman–Crippen MR) is 65.1 cm³/mol. The lowest BCUT2D eigenvalue weighted by molar-refractivity contribution is -0.119. The molecule has 0 saturated heterocycles. The van der Waals surface area contributed by atoms with Gasteiger partial charge in [0, 0.05) is 12.2 Å². The quantitative estimate of drug-likeness (QED) is 0.596. The summed E-state index contributed by atoms with van der Waals surface area (Å²) in [6.07, 6.45) is 0. The van der Waals surface area contributed by atoms with Crippen LogP contribution in [-0.2, 0) is 11.3 Å². The van der Waals surface area contributed by atoms with Crippen LogP contribution in [0.4, 0.5) is 10.5 Å². The highest BCUT2D eigenvalue weighted by molar-refractivity contribution is 5.93. The molecule has 6 N–H and O–H groups in total. The number of nitrogens with one attached hydrogen (secondary N) is 2. The van der Waals surface area contributed by atoms with E-state index in [9.17, 15) is 9.59 Å². The molecule has 3 amide bonds. The molecule has 1 rings (SSSR count). The number of primary amides is 1. The molecule has 0 fully saturated rings. The van der Waals surface area contributed by atoms with E-state index in [1.54, 1.807) is 12.1 Å². The zero-order chi connectivity index (χ0) is 12.8. The van der Waals surface area contributed by atoms with E-state index in [1.807, 2.05) is 12.1 Å². The van der Waals surface area contributed by atoms with E-state index in [4.69, 9.17) is 11.5 Å². The van der Waals surface area contributed by atoms with Crippen molar-refractivity contribution in [3.05, 3.63) is 29.8 Å². The Kier molecular flexibility index (Phi) is 4.47. The summed E-state index contributed by atoms with van der Waals surface area (Å²) >= 11 is 0. The number of nitrogens with two attached hydrogens (primary N) is 2. The molecule has 92 valence electrons. The van der Waals surface area contributed by atoms with Gasteiger partial charge < -0.3 is 22.1 Å². The van der Waals surface area contributed by atoms with Crippen LogP contribution in [0.1, 0.15) is 12.5 Å². The summed E-state index contributed by atoms with van der Waals surface area (Å²) in [5.41, 5.74) is 12.1. The van der Waals surface area contributed by atoms with Crippen LogP contribution in [0.3, 0.4) is 0 Å². The van der Waals surface area contributed by atoms with E-state index < -0.39 is 18.0 Å². The van der Waals surface area contributed by atoms with Crippen LogP contribution in [0, 0.1) is 0 Å². The maximum Gasteiger partial charge on any atom is 0.319 e. The fourth-order valence-electron chi connectivity index (χ4n) is 1.16. The van der Waals surface area contributed by atoms with E-state index in [0.717, 1.165) is 5.56 Å². The monoisotopic (exact) mass is 236 g/mol. The first-order valence-corrected chi connectivity index (χ1v) is 5.18. The van der Waals surface area contributed by atoms with Gasteiger partial charge in [0.05, 0.1) is 0 Å². The van der Waals surface area contributed by atoms with Gasteiger partial charge in [0.2, 0.25) is 5.91 Å². The van der Waals surface area contributed by atoms with Crippen molar-refractivity contribution in [2.45, 2.75) is 19.5 Å². The second-order valence-electron chi connectivity index (χ2n) is 3.62. The molecule has 1 unspecified atom stereocenters. The molecule has 1 atom stereocenters. The minimum Gasteiger partial charge on any atom is -0.368 e. The highest BCUT2D eigenvalue weighted by Crippen LogP contribution is 2.08. The molecule has 6 nitrogen and oxygen atoms in total. The average Bonchev–Trinajstić information content (AvgIpc) is 2.29. The first kappa shape index (κ1) is 13.0. The van der Waals surface area contributed by atoms with Crippen LogP contribution in [0.2, 0.25) is 0 Å². The zero-order valence-electron chi connectivity index (χ0n) is 9.57. The van der Waals surface area contributed by atoms with E-state index in [1.165, 1.54) is 6.92 Å². The van der Waals surface area contributed by atoms with Crippen molar-refractivity contribution >= 4 is 17.6 Å². The topological polar surface area (TPSA) is 110 Å². The van der Waals surface area contributed by atoms with Crippen molar-refractivity contribution in [1.82, 2.24) is 5.32 Å². The van der Waals surface area contributed by atoms with Crippen molar-refractivity contribution < 1.29 is 9.59 Å². The molecule has 1 aromatic carbocycles. The van der Waals surface area contributed by atoms with Crippen LogP contribution < -0.4 is 22.1 Å². The third-order valence-electron chi connectivity index (χ3n) is 2.22. The van der Waals surface area contributed by atoms with Gasteiger partial charge in [0.25, 0.3) is 0 Å². The molecule has 0 bridgehead atoms. The molecule has 0 aliphatic heterocycles. The molecule has 17 heavy (non-hydrogen) atoms. The molecule has 0 heterocycles. The van der Waals surface area contributed by atoms with Crippen LogP contribution in [-0.4, -0.2) is 18.0 Å². The Bertz CT molecular complexity index is 402. The number of anilines is 1. The van der Waals surface area contributed by atoms with Crippen molar-refractivity contribution in [3.63, 3.8) is 0 Å². The van der Waals surface area contributed by atoms with Gasteiger partial charge in [-0.2, -0.15) is 0 Å². The van der Waals surface area contributed by atoms with Crippen LogP contribution >= 0.6 is 0 Å². The van der Waals surface area contributed by atoms with Gasteiger partial charge in [-0.3, -0.25) is 4.79 Å². The van der Waals surface area contributed by atoms with Gasteiger partial charge in [-0.25, -0.2) is 4.79 Å². The normalized spacial score (nSPS) is 11.6. The Balaban J connectivity index is 2.53. The summed E-state index contributed by atoms with van der Waals surface area (Å²) in [4.78, 5) is 22.2. The molecule has 0 radical (unpaired) electrons. The first-order chi connectivity index (χ1) is 8.02. The van der Waals surface area contributed by atoms with E-state index in [-0.39, 0.29) is 0 Å². The number of hydrogen-bond donors (Lipinski definition) is 4. The SMILES string of the molecule is CC(NC(=O)Nc1ccc(CN)cc1)C(N)=O. The standard InChI is InChI=1S/C11H16N4O2/c1-7(10(13)16)14-11(17)15-9-4-2-8(6-12)3-5-9/h2-5,7H,6,12H2,1H3,(H2,13,16)(H2,14,15,17). The molecular weight excluding hydrogens is 220 g/mol. The van der Waals surface area contributed by atoms with Crippen molar-refractivity contribution in [3.8, 4) is 0 Å². The maximum absolute atomic E-state index is 11.4. The smallest absolute Gasteiger partial charge is 0.319 e. The summed E-state index contributed by atoms with van der Waals surface area (Å²) in [6.45, 7) is 1.96. The highest BCUT2D eigenvalue weighted by atomic mass is 16.2. The molecule has 6 heteroatoms. The van der Waals surface area contributed by atoms with Gasteiger partial charge in [0.1, 0.15) is 6.04 Å². The number of carbonyl (C=O) groups excluding carboxylic acids is 2. The van der Waals surface area contributed by atoms with Crippen molar-refractivity contribution in [2.24, 2.45) is 11.5 Å². The molecule has 0 aliphatic carbocycles. The number of carbonyl (C=O) groups is 2. The van der Waals surface area contributed by atoms with Crippen LogP contribution in [0.15, 0.2) is 24.3 Å². The second kappa shape index (κ2) is 5.86. The highest BCUT2D eigenvalue weighted by Gasteiger charge is 2.11. The third kappa shape index (κ3) is 4.12. The molecular formula is C11H16N4O2. The summed E-state index contributed by atoms with van der Waals surface area (Å²) in [7, 11) is 0.